The van der Waals surface area contributed by atoms with E-state index in [4.69, 9.17) is 0 Å². The number of anilines is 2. The first-order valence-corrected chi connectivity index (χ1v) is 11.1. The Labute approximate surface area is 192 Å². The van der Waals surface area contributed by atoms with Crippen LogP contribution < -0.4 is 21.1 Å². The van der Waals surface area contributed by atoms with Crippen LogP contribution in [0.4, 0.5) is 11.4 Å². The van der Waals surface area contributed by atoms with Gasteiger partial charge in [-0.25, -0.2) is 0 Å². The summed E-state index contributed by atoms with van der Waals surface area (Å²) in [5, 5.41) is 9.68. The molecule has 0 aliphatic carbocycles. The standard InChI is InChI=1S/C27H17BrN2O2/c1-14-2-4-15(5-3-14)22-20-12-10-19-18(24(20)29-26(22)31)11-13-21-23(27(32)30-25(19)21)16-6-8-17(28)9-7-16/h2-13H,1H3,(H,29,31)(H,30,32). The van der Waals surface area contributed by atoms with Gasteiger partial charge in [-0.3, -0.25) is 9.59 Å². The Balaban J connectivity index is 1.61. The molecule has 0 saturated heterocycles. The van der Waals surface area contributed by atoms with Gasteiger partial charge in [0.1, 0.15) is 0 Å². The van der Waals surface area contributed by atoms with E-state index < -0.39 is 0 Å². The Bertz CT molecular complexity index is 1480. The second-order valence-corrected chi connectivity index (χ2v) is 9.02. The third-order valence-corrected chi connectivity index (χ3v) is 6.67. The molecule has 2 aliphatic heterocycles. The van der Waals surface area contributed by atoms with Crippen LogP contribution in [0.1, 0.15) is 16.7 Å². The molecule has 5 heteroatoms. The van der Waals surface area contributed by atoms with Crippen molar-refractivity contribution in [3.8, 4) is 0 Å². The Hall–Kier alpha value is -3.70. The van der Waals surface area contributed by atoms with Gasteiger partial charge in [-0.05, 0) is 30.2 Å². The van der Waals surface area contributed by atoms with Crippen LogP contribution in [-0.4, -0.2) is 11.8 Å². The van der Waals surface area contributed by atoms with Gasteiger partial charge in [0, 0.05) is 25.7 Å². The molecule has 2 N–H and O–H groups in total. The van der Waals surface area contributed by atoms with Crippen LogP contribution in [0.2, 0.25) is 0 Å². The molecule has 2 amide bonds. The Morgan fingerprint density at radius 1 is 0.594 bits per heavy atom. The lowest BCUT2D eigenvalue weighted by Gasteiger charge is -2.07. The van der Waals surface area contributed by atoms with Gasteiger partial charge in [-0.15, -0.1) is 0 Å². The monoisotopic (exact) mass is 480 g/mol. The van der Waals surface area contributed by atoms with E-state index in [2.05, 4.69) is 26.6 Å². The average molecular weight is 481 g/mol. The number of benzene rings is 4. The number of carbonyl (C=O) groups is 2. The van der Waals surface area contributed by atoms with Crippen molar-refractivity contribution in [3.05, 3.63) is 104 Å². The zero-order chi connectivity index (χ0) is 22.0. The van der Waals surface area contributed by atoms with E-state index in [1.165, 1.54) is 0 Å². The molecule has 4 aromatic carbocycles. The zero-order valence-electron chi connectivity index (χ0n) is 17.1. The van der Waals surface area contributed by atoms with E-state index in [1.807, 2.05) is 79.7 Å². The molecule has 0 unspecified atom stereocenters. The van der Waals surface area contributed by atoms with E-state index in [9.17, 15) is 9.59 Å². The molecule has 32 heavy (non-hydrogen) atoms. The Morgan fingerprint density at radius 2 is 1.03 bits per heavy atom. The molecule has 0 atom stereocenters. The van der Waals surface area contributed by atoms with E-state index in [-0.39, 0.29) is 11.8 Å². The first-order valence-electron chi connectivity index (χ1n) is 10.3. The molecule has 0 radical (unpaired) electrons. The van der Waals surface area contributed by atoms with Crippen molar-refractivity contribution in [2.45, 2.75) is 6.92 Å². The lowest BCUT2D eigenvalue weighted by molar-refractivity contribution is -0.111. The fourth-order valence-corrected chi connectivity index (χ4v) is 4.86. The summed E-state index contributed by atoms with van der Waals surface area (Å²) in [4.78, 5) is 25.8. The summed E-state index contributed by atoms with van der Waals surface area (Å²) in [6.07, 6.45) is 0. The van der Waals surface area contributed by atoms with Crippen LogP contribution in [-0.2, 0) is 9.59 Å². The molecule has 154 valence electrons. The van der Waals surface area contributed by atoms with Crippen molar-refractivity contribution in [1.82, 2.24) is 0 Å². The van der Waals surface area contributed by atoms with Crippen LogP contribution in [0.15, 0.2) is 77.3 Å². The van der Waals surface area contributed by atoms with Gasteiger partial charge in [0.2, 0.25) is 0 Å². The number of nitrogens with one attached hydrogen (secondary N) is 2. The summed E-state index contributed by atoms with van der Waals surface area (Å²) in [5.74, 6) is -0.228. The lowest BCUT2D eigenvalue weighted by Crippen LogP contribution is -2.08. The minimum absolute atomic E-state index is 0.108. The molecule has 0 bridgehead atoms. The predicted molar refractivity (Wildman–Crippen MR) is 131 cm³/mol. The Kier molecular flexibility index (Phi) is 4.10. The minimum atomic E-state index is -0.119. The minimum Gasteiger partial charge on any atom is -0.321 e. The third kappa shape index (κ3) is 2.75. The highest BCUT2D eigenvalue weighted by atomic mass is 79.9. The van der Waals surface area contributed by atoms with Crippen LogP contribution in [0.25, 0.3) is 21.9 Å². The molecule has 6 rings (SSSR count). The molecule has 4 nitrogen and oxygen atoms in total. The zero-order valence-corrected chi connectivity index (χ0v) is 18.7. The van der Waals surface area contributed by atoms with E-state index in [1.54, 1.807) is 0 Å². The van der Waals surface area contributed by atoms with Crippen molar-refractivity contribution in [3.63, 3.8) is 0 Å². The number of aryl methyl sites for hydroxylation is 1. The number of halogens is 1. The molecule has 0 saturated carbocycles. The van der Waals surface area contributed by atoms with E-state index in [0.29, 0.717) is 11.1 Å². The first-order chi connectivity index (χ1) is 15.5. The summed E-state index contributed by atoms with van der Waals surface area (Å²) >= 11 is 3.45. The lowest BCUT2D eigenvalue weighted by atomic mass is 9.99. The van der Waals surface area contributed by atoms with Crippen LogP contribution in [0.5, 0.6) is 0 Å². The molecular weight excluding hydrogens is 464 g/mol. The second kappa shape index (κ2) is 6.90. The highest BCUT2D eigenvalue weighted by Gasteiger charge is 2.27. The molecule has 2 heterocycles. The summed E-state index contributed by atoms with van der Waals surface area (Å²) in [6.45, 7) is 2.03. The number of rotatable bonds is 2. The molecule has 0 aromatic heterocycles. The van der Waals surface area contributed by atoms with Crippen LogP contribution in [0, 0.1) is 6.92 Å². The summed E-state index contributed by atoms with van der Waals surface area (Å²) < 4.78 is 0.964. The van der Waals surface area contributed by atoms with Crippen molar-refractivity contribution in [1.29, 1.82) is 0 Å². The predicted octanol–water partition coefficient (Wildman–Crippen LogP) is 4.21. The maximum absolute atomic E-state index is 12.9. The van der Waals surface area contributed by atoms with Crippen molar-refractivity contribution in [2.24, 2.45) is 0 Å². The second-order valence-electron chi connectivity index (χ2n) is 8.10. The molecule has 0 fully saturated rings. The summed E-state index contributed by atoms with van der Waals surface area (Å²) in [7, 11) is 0. The topological polar surface area (TPSA) is 58.2 Å². The van der Waals surface area contributed by atoms with Crippen molar-refractivity contribution < 1.29 is 9.59 Å². The van der Waals surface area contributed by atoms with Gasteiger partial charge in [0.05, 0.1) is 22.5 Å². The number of hydrogen-bond donors (Lipinski definition) is 2. The van der Waals surface area contributed by atoms with Gasteiger partial charge in [-0.2, -0.15) is 0 Å². The molecule has 0 spiro atoms. The third-order valence-electron chi connectivity index (χ3n) is 6.14. The normalized spacial score (nSPS) is 14.4. The number of fused-ring (bicyclic) bond motifs is 5. The van der Waals surface area contributed by atoms with Crippen molar-refractivity contribution >= 4 is 61.0 Å². The summed E-state index contributed by atoms with van der Waals surface area (Å²) in [6, 6.07) is 23.6. The summed E-state index contributed by atoms with van der Waals surface area (Å²) in [5.41, 5.74) is 5.82. The fourth-order valence-electron chi connectivity index (χ4n) is 4.60. The van der Waals surface area contributed by atoms with Crippen LogP contribution in [0.3, 0.4) is 0 Å². The van der Waals surface area contributed by atoms with Crippen molar-refractivity contribution in [2.75, 3.05) is 10.6 Å². The fraction of sp³-hybridized carbons (Fsp3) is 0.0370. The van der Waals surface area contributed by atoms with Gasteiger partial charge in [-0.1, -0.05) is 82.2 Å². The Morgan fingerprint density at radius 3 is 1.50 bits per heavy atom. The molecule has 4 aromatic rings. The van der Waals surface area contributed by atoms with Gasteiger partial charge in [0.25, 0.3) is 11.8 Å². The van der Waals surface area contributed by atoms with E-state index >= 15 is 0 Å². The SMILES string of the molecule is Cc1ccc(C2=c3ccc4c5c(ccc4c3NC2=O)=C(c2ccc(Br)cc2)C(=O)N5)cc1. The number of hydrogen-bond acceptors (Lipinski definition) is 2. The largest absolute Gasteiger partial charge is 0.321 e. The van der Waals surface area contributed by atoms with Gasteiger partial charge >= 0.3 is 0 Å². The van der Waals surface area contributed by atoms with Gasteiger partial charge < -0.3 is 10.6 Å². The first kappa shape index (κ1) is 19.0. The maximum atomic E-state index is 12.9. The van der Waals surface area contributed by atoms with Gasteiger partial charge in [0.15, 0.2) is 0 Å². The average Bonchev–Trinajstić information content (AvgIpc) is 3.31. The maximum Gasteiger partial charge on any atom is 0.256 e. The highest BCUT2D eigenvalue weighted by Crippen LogP contribution is 2.32. The van der Waals surface area contributed by atoms with Crippen LogP contribution >= 0.6 is 15.9 Å². The quantitative estimate of drug-likeness (QED) is 0.451. The smallest absolute Gasteiger partial charge is 0.256 e. The highest BCUT2D eigenvalue weighted by molar-refractivity contribution is 9.10. The number of amides is 2. The molecule has 2 aliphatic rings. The van der Waals surface area contributed by atoms with E-state index in [0.717, 1.165) is 53.7 Å². The number of carbonyl (C=O) groups excluding carboxylic acids is 2. The molecular formula is C27H17BrN2O2.